The van der Waals surface area contributed by atoms with Crippen molar-refractivity contribution < 1.29 is 0 Å². The van der Waals surface area contributed by atoms with Gasteiger partial charge in [0.1, 0.15) is 12.0 Å². The van der Waals surface area contributed by atoms with Gasteiger partial charge in [0.15, 0.2) is 0 Å². The largest absolute Gasteiger partial charge is 0.387 e. The average Bonchev–Trinajstić information content (AvgIpc) is 2.95. The SMILES string of the molecule is C=CCC(CC)N/C=C(\C=N)c1ncnc2[nH]ccc12. The molecule has 0 amide bonds. The molecule has 0 aliphatic carbocycles. The molecule has 20 heavy (non-hydrogen) atoms. The molecule has 1 unspecified atom stereocenters. The molecule has 104 valence electrons. The Morgan fingerprint density at radius 3 is 3.10 bits per heavy atom. The van der Waals surface area contributed by atoms with Gasteiger partial charge in [0.05, 0.1) is 5.69 Å². The van der Waals surface area contributed by atoms with Gasteiger partial charge in [-0.2, -0.15) is 0 Å². The van der Waals surface area contributed by atoms with Crippen LogP contribution in [0.3, 0.4) is 0 Å². The normalized spacial score (nSPS) is 13.2. The van der Waals surface area contributed by atoms with E-state index in [0.29, 0.717) is 6.04 Å². The second-order valence-electron chi connectivity index (χ2n) is 4.50. The van der Waals surface area contributed by atoms with Crippen LogP contribution in [-0.2, 0) is 0 Å². The number of H-pyrrole nitrogens is 1. The summed E-state index contributed by atoms with van der Waals surface area (Å²) in [6.07, 6.45) is 10.3. The summed E-state index contributed by atoms with van der Waals surface area (Å²) in [4.78, 5) is 11.5. The van der Waals surface area contributed by atoms with E-state index in [1.165, 1.54) is 12.5 Å². The third kappa shape index (κ3) is 2.93. The van der Waals surface area contributed by atoms with Gasteiger partial charge in [-0.05, 0) is 18.9 Å². The molecule has 0 aromatic carbocycles. The first-order valence-electron chi connectivity index (χ1n) is 6.66. The standard InChI is InChI=1S/C15H19N5/c1-3-5-12(4-2)18-9-11(8-16)14-13-6-7-17-15(13)20-10-19-14/h3,6-10,12,16,18H,1,4-5H2,2H3,(H,17,19,20)/b11-9+,16-8?. The fraction of sp³-hybridized carbons (Fsp3) is 0.267. The van der Waals surface area contributed by atoms with Gasteiger partial charge < -0.3 is 15.7 Å². The summed E-state index contributed by atoms with van der Waals surface area (Å²) >= 11 is 0. The van der Waals surface area contributed by atoms with Gasteiger partial charge in [0.25, 0.3) is 0 Å². The quantitative estimate of drug-likeness (QED) is 0.534. The van der Waals surface area contributed by atoms with Crippen molar-refractivity contribution in [3.8, 4) is 0 Å². The van der Waals surface area contributed by atoms with Crippen LogP contribution in [-0.4, -0.2) is 27.2 Å². The van der Waals surface area contributed by atoms with Gasteiger partial charge >= 0.3 is 0 Å². The van der Waals surface area contributed by atoms with Crippen LogP contribution in [0.5, 0.6) is 0 Å². The summed E-state index contributed by atoms with van der Waals surface area (Å²) in [5, 5.41) is 11.8. The number of nitrogens with zero attached hydrogens (tertiary/aromatic N) is 2. The number of aromatic nitrogens is 3. The van der Waals surface area contributed by atoms with Gasteiger partial charge in [0.2, 0.25) is 0 Å². The van der Waals surface area contributed by atoms with Crippen LogP contribution < -0.4 is 5.32 Å². The van der Waals surface area contributed by atoms with Crippen LogP contribution in [0.1, 0.15) is 25.5 Å². The molecule has 0 bridgehead atoms. The van der Waals surface area contributed by atoms with Gasteiger partial charge in [-0.25, -0.2) is 9.97 Å². The van der Waals surface area contributed by atoms with Crippen molar-refractivity contribution in [2.24, 2.45) is 0 Å². The van der Waals surface area contributed by atoms with E-state index in [0.717, 1.165) is 35.1 Å². The number of rotatable bonds is 7. The highest BCUT2D eigenvalue weighted by Gasteiger charge is 2.08. The minimum absolute atomic E-state index is 0.325. The first-order chi connectivity index (χ1) is 9.80. The highest BCUT2D eigenvalue weighted by Crippen LogP contribution is 2.19. The molecule has 0 aliphatic heterocycles. The number of aromatic amines is 1. The second kappa shape index (κ2) is 6.65. The Kier molecular flexibility index (Phi) is 4.65. The zero-order chi connectivity index (χ0) is 14.4. The van der Waals surface area contributed by atoms with E-state index in [4.69, 9.17) is 5.41 Å². The molecule has 0 fully saturated rings. The Balaban J connectivity index is 2.29. The van der Waals surface area contributed by atoms with Crippen LogP contribution in [0.15, 0.2) is 37.4 Å². The van der Waals surface area contributed by atoms with Crippen molar-refractivity contribution in [3.63, 3.8) is 0 Å². The maximum atomic E-state index is 7.61. The minimum Gasteiger partial charge on any atom is -0.387 e. The molecule has 5 nitrogen and oxygen atoms in total. The number of allylic oxidation sites excluding steroid dienone is 1. The molecule has 0 radical (unpaired) electrons. The molecule has 0 spiro atoms. The zero-order valence-corrected chi connectivity index (χ0v) is 11.6. The topological polar surface area (TPSA) is 77.5 Å². The van der Waals surface area contributed by atoms with Crippen molar-refractivity contribution in [2.75, 3.05) is 0 Å². The second-order valence-corrected chi connectivity index (χ2v) is 4.50. The lowest BCUT2D eigenvalue weighted by molar-refractivity contribution is 0.576. The Morgan fingerprint density at radius 1 is 1.55 bits per heavy atom. The van der Waals surface area contributed by atoms with Crippen molar-refractivity contribution in [2.45, 2.75) is 25.8 Å². The average molecular weight is 269 g/mol. The summed E-state index contributed by atoms with van der Waals surface area (Å²) in [7, 11) is 0. The smallest absolute Gasteiger partial charge is 0.141 e. The third-order valence-corrected chi connectivity index (χ3v) is 3.20. The predicted octanol–water partition coefficient (Wildman–Crippen LogP) is 2.89. The molecule has 0 aliphatic rings. The maximum Gasteiger partial charge on any atom is 0.141 e. The van der Waals surface area contributed by atoms with Crippen molar-refractivity contribution in [1.29, 1.82) is 5.41 Å². The number of hydrogen-bond donors (Lipinski definition) is 3. The van der Waals surface area contributed by atoms with Gasteiger partial charge in [0, 0.05) is 35.6 Å². The van der Waals surface area contributed by atoms with Crippen LogP contribution >= 0.6 is 0 Å². The molecule has 2 rings (SSSR count). The van der Waals surface area contributed by atoms with Crippen molar-refractivity contribution >= 4 is 22.8 Å². The summed E-state index contributed by atoms with van der Waals surface area (Å²) in [6, 6.07) is 2.24. The van der Waals surface area contributed by atoms with E-state index in [1.807, 2.05) is 24.5 Å². The molecular weight excluding hydrogens is 250 g/mol. The van der Waals surface area contributed by atoms with Crippen LogP contribution in [0, 0.1) is 5.41 Å². The first-order valence-corrected chi connectivity index (χ1v) is 6.66. The van der Waals surface area contributed by atoms with Gasteiger partial charge in [-0.1, -0.05) is 13.0 Å². The maximum absolute atomic E-state index is 7.61. The molecule has 3 N–H and O–H groups in total. The number of fused-ring (bicyclic) bond motifs is 1. The molecule has 1 atom stereocenters. The molecule has 0 saturated heterocycles. The van der Waals surface area contributed by atoms with Crippen molar-refractivity contribution in [3.05, 3.63) is 43.1 Å². The number of nitrogens with one attached hydrogen (secondary N) is 3. The lowest BCUT2D eigenvalue weighted by atomic mass is 10.1. The molecular formula is C15H19N5. The summed E-state index contributed by atoms with van der Waals surface area (Å²) in [6.45, 7) is 5.88. The Labute approximate surface area is 118 Å². The molecule has 2 aromatic heterocycles. The number of hydrogen-bond acceptors (Lipinski definition) is 4. The van der Waals surface area contributed by atoms with Crippen molar-refractivity contribution in [1.82, 2.24) is 20.3 Å². The highest BCUT2D eigenvalue weighted by molar-refractivity contribution is 6.11. The Morgan fingerprint density at radius 2 is 2.40 bits per heavy atom. The molecule has 2 aromatic rings. The fourth-order valence-corrected chi connectivity index (χ4v) is 2.04. The van der Waals surface area contributed by atoms with Crippen LogP contribution in [0.25, 0.3) is 16.6 Å². The van der Waals surface area contributed by atoms with E-state index in [9.17, 15) is 0 Å². The molecule has 0 saturated carbocycles. The lowest BCUT2D eigenvalue weighted by Gasteiger charge is -2.13. The Bertz CT molecular complexity index is 626. The van der Waals surface area contributed by atoms with Crippen LogP contribution in [0.4, 0.5) is 0 Å². The van der Waals surface area contributed by atoms with E-state index in [-0.39, 0.29) is 0 Å². The summed E-state index contributed by atoms with van der Waals surface area (Å²) in [5.41, 5.74) is 2.27. The summed E-state index contributed by atoms with van der Waals surface area (Å²) < 4.78 is 0. The van der Waals surface area contributed by atoms with Gasteiger partial charge in [-0.3, -0.25) is 0 Å². The third-order valence-electron chi connectivity index (χ3n) is 3.20. The highest BCUT2D eigenvalue weighted by atomic mass is 14.9. The molecule has 5 heteroatoms. The minimum atomic E-state index is 0.325. The van der Waals surface area contributed by atoms with E-state index in [2.05, 4.69) is 33.8 Å². The van der Waals surface area contributed by atoms with E-state index < -0.39 is 0 Å². The Hall–Kier alpha value is -2.43. The van der Waals surface area contributed by atoms with Gasteiger partial charge in [-0.15, -0.1) is 6.58 Å². The lowest BCUT2D eigenvalue weighted by Crippen LogP contribution is -2.23. The molecule has 2 heterocycles. The van der Waals surface area contributed by atoms with E-state index in [1.54, 1.807) is 0 Å². The summed E-state index contributed by atoms with van der Waals surface area (Å²) in [5.74, 6) is 0. The fourth-order valence-electron chi connectivity index (χ4n) is 2.04. The monoisotopic (exact) mass is 269 g/mol. The zero-order valence-electron chi connectivity index (χ0n) is 11.6. The van der Waals surface area contributed by atoms with Crippen LogP contribution in [0.2, 0.25) is 0 Å². The predicted molar refractivity (Wildman–Crippen MR) is 82.7 cm³/mol. The van der Waals surface area contributed by atoms with E-state index >= 15 is 0 Å². The first kappa shape index (κ1) is 14.0.